The van der Waals surface area contributed by atoms with E-state index in [1.54, 1.807) is 42.1 Å². The number of carbonyl (C=O) groups excluding carboxylic acids is 2. The summed E-state index contributed by atoms with van der Waals surface area (Å²) in [5, 5.41) is 10.5. The van der Waals surface area contributed by atoms with Gasteiger partial charge in [-0.1, -0.05) is 29.5 Å². The monoisotopic (exact) mass is 421 g/mol. The number of rotatable bonds is 6. The zero-order chi connectivity index (χ0) is 21.1. The molecule has 8 nitrogen and oxygen atoms in total. The number of nitrogens with zero attached hydrogens (tertiary/aromatic N) is 3. The van der Waals surface area contributed by atoms with Gasteiger partial charge in [-0.25, -0.2) is 4.98 Å². The van der Waals surface area contributed by atoms with Gasteiger partial charge in [0.05, 0.1) is 29.6 Å². The summed E-state index contributed by atoms with van der Waals surface area (Å²) in [4.78, 5) is 29.1. The first-order chi connectivity index (χ1) is 14.5. The molecule has 0 bridgehead atoms. The first-order valence-electron chi connectivity index (χ1n) is 9.18. The second kappa shape index (κ2) is 8.34. The third-order valence-electron chi connectivity index (χ3n) is 4.31. The van der Waals surface area contributed by atoms with Crippen LogP contribution in [0.5, 0.6) is 5.75 Å². The molecule has 0 saturated carbocycles. The van der Waals surface area contributed by atoms with E-state index in [0.29, 0.717) is 16.5 Å². The molecule has 0 unspecified atom stereocenters. The van der Waals surface area contributed by atoms with Crippen molar-refractivity contribution in [2.45, 2.75) is 6.92 Å². The predicted octanol–water partition coefficient (Wildman–Crippen LogP) is 3.17. The molecular weight excluding hydrogens is 402 g/mol. The highest BCUT2D eigenvalue weighted by molar-refractivity contribution is 7.20. The van der Waals surface area contributed by atoms with Crippen molar-refractivity contribution >= 4 is 39.2 Å². The molecule has 152 valence electrons. The number of thiazole rings is 1. The molecule has 0 saturated heterocycles. The molecule has 2 N–H and O–H groups in total. The van der Waals surface area contributed by atoms with Gasteiger partial charge in [-0.15, -0.1) is 0 Å². The van der Waals surface area contributed by atoms with E-state index in [-0.39, 0.29) is 18.4 Å². The van der Waals surface area contributed by atoms with Gasteiger partial charge in [-0.05, 0) is 37.3 Å². The van der Waals surface area contributed by atoms with E-state index in [2.05, 4.69) is 20.7 Å². The van der Waals surface area contributed by atoms with Gasteiger partial charge in [-0.2, -0.15) is 9.78 Å². The molecule has 4 rings (SSSR count). The zero-order valence-electron chi connectivity index (χ0n) is 16.4. The van der Waals surface area contributed by atoms with E-state index in [1.165, 1.54) is 11.3 Å². The molecule has 0 aliphatic rings. The van der Waals surface area contributed by atoms with Crippen LogP contribution in [0.4, 0.5) is 5.82 Å². The summed E-state index contributed by atoms with van der Waals surface area (Å²) in [5.74, 6) is 0.563. The minimum absolute atomic E-state index is 0.158. The van der Waals surface area contributed by atoms with E-state index in [1.807, 2.05) is 31.2 Å². The Morgan fingerprint density at radius 2 is 1.93 bits per heavy atom. The summed E-state index contributed by atoms with van der Waals surface area (Å²) >= 11 is 1.44. The van der Waals surface area contributed by atoms with E-state index in [0.717, 1.165) is 21.7 Å². The number of anilines is 1. The maximum Gasteiger partial charge on any atom is 0.251 e. The van der Waals surface area contributed by atoms with Crippen LogP contribution in [0.15, 0.2) is 54.6 Å². The molecule has 2 amide bonds. The standard InChI is InChI=1S/C21H19N5O3S/c1-13-10-18(24-19(27)12-22-20(28)14-6-4-3-5-7-14)26(25-13)21-23-16-9-8-15(29-2)11-17(16)30-21/h3-11H,12H2,1-2H3,(H,22,28)(H,24,27). The Morgan fingerprint density at radius 3 is 2.70 bits per heavy atom. The quantitative estimate of drug-likeness (QED) is 0.498. The van der Waals surface area contributed by atoms with Crippen LogP contribution in [0.2, 0.25) is 0 Å². The Labute approximate surface area is 176 Å². The van der Waals surface area contributed by atoms with Crippen LogP contribution in [-0.2, 0) is 4.79 Å². The third-order valence-corrected chi connectivity index (χ3v) is 5.30. The minimum Gasteiger partial charge on any atom is -0.497 e. The number of aromatic nitrogens is 3. The first-order valence-corrected chi connectivity index (χ1v) is 10.00. The first kappa shape index (κ1) is 19.6. The van der Waals surface area contributed by atoms with Crippen LogP contribution in [0.25, 0.3) is 15.3 Å². The number of methoxy groups -OCH3 is 1. The maximum absolute atomic E-state index is 12.4. The molecule has 9 heteroatoms. The van der Waals surface area contributed by atoms with Crippen molar-refractivity contribution < 1.29 is 14.3 Å². The number of nitrogens with one attached hydrogen (secondary N) is 2. The van der Waals surface area contributed by atoms with Gasteiger partial charge in [0.2, 0.25) is 11.0 Å². The Bertz CT molecular complexity index is 1220. The van der Waals surface area contributed by atoms with Crippen LogP contribution in [0, 0.1) is 6.92 Å². The fourth-order valence-electron chi connectivity index (χ4n) is 2.88. The Hall–Kier alpha value is -3.72. The van der Waals surface area contributed by atoms with Gasteiger partial charge >= 0.3 is 0 Å². The largest absolute Gasteiger partial charge is 0.497 e. The van der Waals surface area contributed by atoms with Gasteiger partial charge in [0.15, 0.2) is 0 Å². The van der Waals surface area contributed by atoms with Gasteiger partial charge in [0.1, 0.15) is 11.6 Å². The number of benzene rings is 2. The van der Waals surface area contributed by atoms with Crippen molar-refractivity contribution in [2.75, 3.05) is 19.0 Å². The fraction of sp³-hybridized carbons (Fsp3) is 0.143. The second-order valence-corrected chi connectivity index (χ2v) is 7.52. The van der Waals surface area contributed by atoms with Gasteiger partial charge in [0, 0.05) is 11.6 Å². The summed E-state index contributed by atoms with van der Waals surface area (Å²) in [6.07, 6.45) is 0. The summed E-state index contributed by atoms with van der Waals surface area (Å²) in [5.41, 5.74) is 2.04. The lowest BCUT2D eigenvalue weighted by Crippen LogP contribution is -2.33. The number of ether oxygens (including phenoxy) is 1. The summed E-state index contributed by atoms with van der Waals surface area (Å²) in [6, 6.07) is 16.1. The highest BCUT2D eigenvalue weighted by Crippen LogP contribution is 2.29. The lowest BCUT2D eigenvalue weighted by Gasteiger charge is -2.08. The highest BCUT2D eigenvalue weighted by atomic mass is 32.1. The molecule has 0 aliphatic heterocycles. The average Bonchev–Trinajstić information content (AvgIpc) is 3.34. The molecule has 2 heterocycles. The number of aryl methyl sites for hydroxylation is 1. The summed E-state index contributed by atoms with van der Waals surface area (Å²) < 4.78 is 7.80. The molecule has 30 heavy (non-hydrogen) atoms. The van der Waals surface area contributed by atoms with Gasteiger partial charge < -0.3 is 15.4 Å². The molecule has 2 aromatic heterocycles. The Balaban J connectivity index is 1.49. The topological polar surface area (TPSA) is 98.1 Å². The van der Waals surface area contributed by atoms with Crippen LogP contribution in [0.1, 0.15) is 16.1 Å². The van der Waals surface area contributed by atoms with E-state index >= 15 is 0 Å². The van der Waals surface area contributed by atoms with Crippen LogP contribution >= 0.6 is 11.3 Å². The summed E-state index contributed by atoms with van der Waals surface area (Å²) in [7, 11) is 1.62. The van der Waals surface area contributed by atoms with Crippen molar-refractivity contribution in [1.82, 2.24) is 20.1 Å². The SMILES string of the molecule is COc1ccc2nc(-n3nc(C)cc3NC(=O)CNC(=O)c3ccccc3)sc2c1. The third kappa shape index (κ3) is 4.15. The molecule has 4 aromatic rings. The lowest BCUT2D eigenvalue weighted by atomic mass is 10.2. The molecule has 2 aromatic carbocycles. The Morgan fingerprint density at radius 1 is 1.13 bits per heavy atom. The van der Waals surface area contributed by atoms with Crippen molar-refractivity contribution in [3.8, 4) is 10.9 Å². The van der Waals surface area contributed by atoms with Crippen molar-refractivity contribution in [1.29, 1.82) is 0 Å². The van der Waals surface area contributed by atoms with Crippen LogP contribution in [0.3, 0.4) is 0 Å². The molecule has 0 spiro atoms. The number of fused-ring (bicyclic) bond motifs is 1. The fourth-order valence-corrected chi connectivity index (χ4v) is 3.84. The number of hydrogen-bond acceptors (Lipinski definition) is 6. The zero-order valence-corrected chi connectivity index (χ0v) is 17.2. The summed E-state index contributed by atoms with van der Waals surface area (Å²) in [6.45, 7) is 1.68. The van der Waals surface area contributed by atoms with Crippen molar-refractivity contribution in [3.05, 3.63) is 65.9 Å². The predicted molar refractivity (Wildman–Crippen MR) is 115 cm³/mol. The lowest BCUT2D eigenvalue weighted by molar-refractivity contribution is -0.115. The van der Waals surface area contributed by atoms with Crippen molar-refractivity contribution in [3.63, 3.8) is 0 Å². The highest BCUT2D eigenvalue weighted by Gasteiger charge is 2.15. The van der Waals surface area contributed by atoms with Crippen LogP contribution in [-0.4, -0.2) is 40.2 Å². The second-order valence-electron chi connectivity index (χ2n) is 6.51. The van der Waals surface area contributed by atoms with E-state index < -0.39 is 0 Å². The van der Waals surface area contributed by atoms with E-state index in [9.17, 15) is 9.59 Å². The van der Waals surface area contributed by atoms with Crippen molar-refractivity contribution in [2.24, 2.45) is 0 Å². The number of hydrogen-bond donors (Lipinski definition) is 2. The smallest absolute Gasteiger partial charge is 0.251 e. The van der Waals surface area contributed by atoms with Crippen LogP contribution < -0.4 is 15.4 Å². The molecule has 0 radical (unpaired) electrons. The maximum atomic E-state index is 12.4. The molecule has 0 fully saturated rings. The number of carbonyl (C=O) groups is 2. The van der Waals surface area contributed by atoms with Gasteiger partial charge in [-0.3, -0.25) is 9.59 Å². The molecule has 0 atom stereocenters. The number of amides is 2. The van der Waals surface area contributed by atoms with E-state index in [4.69, 9.17) is 4.74 Å². The molecule has 0 aliphatic carbocycles. The average molecular weight is 421 g/mol. The van der Waals surface area contributed by atoms with Gasteiger partial charge in [0.25, 0.3) is 5.91 Å². The molecular formula is C21H19N5O3S. The normalized spacial score (nSPS) is 10.7. The minimum atomic E-state index is -0.358. The Kier molecular flexibility index (Phi) is 5.44.